The molecule has 0 saturated heterocycles. The molecule has 0 spiro atoms. The van der Waals surface area contributed by atoms with Gasteiger partial charge in [0.25, 0.3) is 0 Å². The zero-order valence-corrected chi connectivity index (χ0v) is 14.2. The van der Waals surface area contributed by atoms with Crippen molar-refractivity contribution in [3.05, 3.63) is 65.2 Å². The number of carbonyl (C=O) groups is 1. The number of aliphatic carboxylic acids is 1. The number of benzene rings is 2. The molecule has 3 unspecified atom stereocenters. The highest BCUT2D eigenvalue weighted by Gasteiger charge is 2.75. The van der Waals surface area contributed by atoms with Crippen LogP contribution >= 0.6 is 11.6 Å². The summed E-state index contributed by atoms with van der Waals surface area (Å²) >= 11 is 5.87. The third-order valence-electron chi connectivity index (χ3n) is 4.63. The average Bonchev–Trinajstić information content (AvgIpc) is 3.28. The van der Waals surface area contributed by atoms with Crippen LogP contribution in [0.2, 0.25) is 5.02 Å². The first-order chi connectivity index (χ1) is 11.4. The van der Waals surface area contributed by atoms with Crippen LogP contribution in [0, 0.1) is 5.41 Å². The molecular weight excluding hydrogens is 350 g/mol. The van der Waals surface area contributed by atoms with Crippen molar-refractivity contribution in [2.24, 2.45) is 11.1 Å². The minimum Gasteiger partial charge on any atom is -0.481 e. The maximum atomic E-state index is 13.0. The van der Waals surface area contributed by atoms with Gasteiger partial charge in [0.05, 0.1) is 10.1 Å². The Labute approximate surface area is 145 Å². The van der Waals surface area contributed by atoms with Crippen molar-refractivity contribution in [1.29, 1.82) is 0 Å². The van der Waals surface area contributed by atoms with Crippen molar-refractivity contribution in [2.45, 2.75) is 16.1 Å². The van der Waals surface area contributed by atoms with Crippen LogP contribution in [0.4, 0.5) is 0 Å². The Kier molecular flexibility index (Phi) is 4.15. The molecule has 1 fully saturated rings. The second-order valence-electron chi connectivity index (χ2n) is 5.86. The van der Waals surface area contributed by atoms with Gasteiger partial charge in [0.1, 0.15) is 5.41 Å². The Morgan fingerprint density at radius 3 is 2.21 bits per heavy atom. The lowest BCUT2D eigenvalue weighted by Gasteiger charge is -2.10. The molecule has 1 saturated carbocycles. The fourth-order valence-corrected chi connectivity index (χ4v) is 5.88. The minimum absolute atomic E-state index is 0.102. The van der Waals surface area contributed by atoms with E-state index in [-0.39, 0.29) is 11.4 Å². The van der Waals surface area contributed by atoms with Crippen LogP contribution in [-0.2, 0) is 14.6 Å². The SMILES string of the molecule is NCC1(C(=O)O)C(c2ccc(Cl)cc2)C1S(=O)(=O)c1ccccc1. The Bertz CT molecular complexity index is 867. The summed E-state index contributed by atoms with van der Waals surface area (Å²) < 4.78 is 26.0. The van der Waals surface area contributed by atoms with Crippen LogP contribution in [0.5, 0.6) is 0 Å². The van der Waals surface area contributed by atoms with Gasteiger partial charge in [0.15, 0.2) is 9.84 Å². The predicted octanol–water partition coefficient (Wildman–Crippen LogP) is 2.31. The molecule has 3 N–H and O–H groups in total. The van der Waals surface area contributed by atoms with Gasteiger partial charge < -0.3 is 10.8 Å². The number of halogens is 1. The Balaban J connectivity index is 2.11. The van der Waals surface area contributed by atoms with E-state index in [1.165, 1.54) is 12.1 Å². The summed E-state index contributed by atoms with van der Waals surface area (Å²) in [5.41, 5.74) is 4.80. The highest BCUT2D eigenvalue weighted by Crippen LogP contribution is 2.63. The summed E-state index contributed by atoms with van der Waals surface area (Å²) in [6.45, 7) is -0.258. The molecule has 1 aliphatic carbocycles. The molecule has 126 valence electrons. The van der Waals surface area contributed by atoms with Crippen molar-refractivity contribution < 1.29 is 18.3 Å². The molecule has 3 rings (SSSR count). The molecule has 1 aliphatic rings. The fourth-order valence-electron chi connectivity index (χ4n) is 3.35. The largest absolute Gasteiger partial charge is 0.481 e. The first-order valence-electron chi connectivity index (χ1n) is 7.33. The number of hydrogen-bond acceptors (Lipinski definition) is 4. The lowest BCUT2D eigenvalue weighted by molar-refractivity contribution is -0.143. The van der Waals surface area contributed by atoms with Crippen LogP contribution in [0.25, 0.3) is 0 Å². The molecule has 0 radical (unpaired) electrons. The molecule has 5 nitrogen and oxygen atoms in total. The summed E-state index contributed by atoms with van der Waals surface area (Å²) in [6, 6.07) is 14.4. The topological polar surface area (TPSA) is 97.5 Å². The van der Waals surface area contributed by atoms with E-state index in [0.29, 0.717) is 10.6 Å². The van der Waals surface area contributed by atoms with Crippen molar-refractivity contribution >= 4 is 27.4 Å². The van der Waals surface area contributed by atoms with Crippen LogP contribution in [-0.4, -0.2) is 31.3 Å². The van der Waals surface area contributed by atoms with E-state index >= 15 is 0 Å². The summed E-state index contributed by atoms with van der Waals surface area (Å²) in [4.78, 5) is 12.0. The van der Waals surface area contributed by atoms with Crippen molar-refractivity contribution in [3.63, 3.8) is 0 Å². The van der Waals surface area contributed by atoms with Crippen LogP contribution < -0.4 is 5.73 Å². The predicted molar refractivity (Wildman–Crippen MR) is 90.7 cm³/mol. The zero-order chi connectivity index (χ0) is 17.5. The van der Waals surface area contributed by atoms with Gasteiger partial charge in [-0.25, -0.2) is 8.42 Å². The highest BCUT2D eigenvalue weighted by molar-refractivity contribution is 7.92. The van der Waals surface area contributed by atoms with Gasteiger partial charge in [-0.3, -0.25) is 4.79 Å². The Morgan fingerprint density at radius 2 is 1.71 bits per heavy atom. The number of nitrogens with two attached hydrogens (primary N) is 1. The number of rotatable bonds is 5. The fraction of sp³-hybridized carbons (Fsp3) is 0.235. The maximum absolute atomic E-state index is 13.0. The lowest BCUT2D eigenvalue weighted by Crippen LogP contribution is -2.31. The molecular formula is C17H16ClNO4S. The normalized spacial score (nSPS) is 26.1. The third kappa shape index (κ3) is 2.42. The van der Waals surface area contributed by atoms with Crippen LogP contribution in [0.15, 0.2) is 59.5 Å². The molecule has 0 aliphatic heterocycles. The van der Waals surface area contributed by atoms with Crippen molar-refractivity contribution in [3.8, 4) is 0 Å². The zero-order valence-electron chi connectivity index (χ0n) is 12.6. The van der Waals surface area contributed by atoms with Gasteiger partial charge in [-0.15, -0.1) is 0 Å². The molecule has 0 amide bonds. The van der Waals surface area contributed by atoms with E-state index in [9.17, 15) is 18.3 Å². The third-order valence-corrected chi connectivity index (χ3v) is 7.17. The number of carboxylic acids is 1. The molecule has 0 aromatic heterocycles. The molecule has 0 heterocycles. The standard InChI is InChI=1S/C17H16ClNO4S/c18-12-8-6-11(7-9-12)14-15(17(14,10-19)16(20)21)24(22,23)13-4-2-1-3-5-13/h1-9,14-15H,10,19H2,(H,20,21). The van der Waals surface area contributed by atoms with E-state index in [4.69, 9.17) is 17.3 Å². The number of carboxylic acid groups (broad SMARTS) is 1. The summed E-state index contributed by atoms with van der Waals surface area (Å²) in [5, 5.41) is 9.10. The summed E-state index contributed by atoms with van der Waals surface area (Å²) in [7, 11) is -3.83. The molecule has 2 aromatic carbocycles. The Morgan fingerprint density at radius 1 is 1.12 bits per heavy atom. The van der Waals surface area contributed by atoms with Gasteiger partial charge in [0, 0.05) is 17.5 Å². The van der Waals surface area contributed by atoms with E-state index in [2.05, 4.69) is 0 Å². The van der Waals surface area contributed by atoms with E-state index in [1.807, 2.05) is 0 Å². The second kappa shape index (κ2) is 5.88. The van der Waals surface area contributed by atoms with Gasteiger partial charge in [-0.2, -0.15) is 0 Å². The quantitative estimate of drug-likeness (QED) is 0.847. The maximum Gasteiger partial charge on any atom is 0.312 e. The van der Waals surface area contributed by atoms with Crippen LogP contribution in [0.3, 0.4) is 0 Å². The molecule has 3 atom stereocenters. The second-order valence-corrected chi connectivity index (χ2v) is 8.36. The van der Waals surface area contributed by atoms with Gasteiger partial charge in [0.2, 0.25) is 0 Å². The summed E-state index contributed by atoms with van der Waals surface area (Å²) in [6.07, 6.45) is 0. The monoisotopic (exact) mass is 365 g/mol. The average molecular weight is 366 g/mol. The lowest BCUT2D eigenvalue weighted by atomic mass is 9.99. The molecule has 7 heteroatoms. The van der Waals surface area contributed by atoms with Crippen LogP contribution in [0.1, 0.15) is 11.5 Å². The minimum atomic E-state index is -3.83. The first kappa shape index (κ1) is 17.0. The number of hydrogen-bond donors (Lipinski definition) is 2. The van der Waals surface area contributed by atoms with E-state index < -0.39 is 32.4 Å². The Hall–Kier alpha value is -1.89. The smallest absolute Gasteiger partial charge is 0.312 e. The molecule has 0 bridgehead atoms. The van der Waals surface area contributed by atoms with E-state index in [1.54, 1.807) is 42.5 Å². The van der Waals surface area contributed by atoms with E-state index in [0.717, 1.165) is 0 Å². The molecule has 24 heavy (non-hydrogen) atoms. The van der Waals surface area contributed by atoms with Crippen molar-refractivity contribution in [1.82, 2.24) is 0 Å². The van der Waals surface area contributed by atoms with Gasteiger partial charge >= 0.3 is 5.97 Å². The number of sulfone groups is 1. The highest BCUT2D eigenvalue weighted by atomic mass is 35.5. The molecule has 2 aromatic rings. The summed E-state index contributed by atoms with van der Waals surface area (Å²) in [5.74, 6) is -1.91. The van der Waals surface area contributed by atoms with Gasteiger partial charge in [-0.1, -0.05) is 41.9 Å². The first-order valence-corrected chi connectivity index (χ1v) is 9.26. The van der Waals surface area contributed by atoms with Gasteiger partial charge in [-0.05, 0) is 29.8 Å². The van der Waals surface area contributed by atoms with Crippen molar-refractivity contribution in [2.75, 3.05) is 6.54 Å².